The molecule has 0 fully saturated rings. The molecular weight excluding hydrogens is 294 g/mol. The molecule has 2 aromatic rings. The van der Waals surface area contributed by atoms with Gasteiger partial charge in [-0.15, -0.1) is 0 Å². The van der Waals surface area contributed by atoms with Crippen LogP contribution in [0.3, 0.4) is 0 Å². The summed E-state index contributed by atoms with van der Waals surface area (Å²) < 4.78 is 6.05. The highest BCUT2D eigenvalue weighted by atomic mass is 16.5. The molecule has 2 nitrogen and oxygen atoms in total. The molecule has 2 rings (SSSR count). The fourth-order valence-electron chi connectivity index (χ4n) is 3.04. The summed E-state index contributed by atoms with van der Waals surface area (Å²) >= 11 is 0. The van der Waals surface area contributed by atoms with Crippen LogP contribution in [0.4, 0.5) is 5.69 Å². The first-order chi connectivity index (χ1) is 11.9. The first kappa shape index (κ1) is 18.6. The zero-order valence-corrected chi connectivity index (χ0v) is 15.4. The van der Waals surface area contributed by atoms with E-state index in [1.165, 1.54) is 61.4 Å². The van der Waals surface area contributed by atoms with Crippen LogP contribution in [-0.4, -0.2) is 13.2 Å². The van der Waals surface area contributed by atoms with E-state index in [4.69, 9.17) is 4.74 Å². The highest BCUT2D eigenvalue weighted by Crippen LogP contribution is 2.31. The van der Waals surface area contributed by atoms with Crippen molar-refractivity contribution < 1.29 is 4.74 Å². The maximum Gasteiger partial charge on any atom is 0.127 e. The molecule has 0 saturated heterocycles. The van der Waals surface area contributed by atoms with Crippen molar-refractivity contribution in [3.8, 4) is 5.75 Å². The Labute approximate surface area is 147 Å². The van der Waals surface area contributed by atoms with Crippen LogP contribution in [0.5, 0.6) is 5.75 Å². The predicted octanol–water partition coefficient (Wildman–Crippen LogP) is 6.79. The molecule has 24 heavy (non-hydrogen) atoms. The number of unbranched alkanes of at least 4 members (excludes halogenated alkanes) is 6. The molecule has 1 N–H and O–H groups in total. The quantitative estimate of drug-likeness (QED) is 0.433. The van der Waals surface area contributed by atoms with Gasteiger partial charge in [0, 0.05) is 23.0 Å². The van der Waals surface area contributed by atoms with Crippen LogP contribution < -0.4 is 10.1 Å². The summed E-state index contributed by atoms with van der Waals surface area (Å²) in [6.45, 7) is 6.35. The van der Waals surface area contributed by atoms with E-state index in [2.05, 4.69) is 55.6 Å². The third-order valence-electron chi connectivity index (χ3n) is 4.49. The Morgan fingerprint density at radius 3 is 2.21 bits per heavy atom. The lowest BCUT2D eigenvalue weighted by Gasteiger charge is -2.14. The maximum absolute atomic E-state index is 6.05. The Hall–Kier alpha value is -1.70. The molecular formula is C22H33NO. The molecule has 0 aliphatic rings. The molecule has 2 aromatic carbocycles. The van der Waals surface area contributed by atoms with Gasteiger partial charge in [0.05, 0.1) is 6.61 Å². The lowest BCUT2D eigenvalue weighted by Crippen LogP contribution is -2.03. The van der Waals surface area contributed by atoms with Crippen LogP contribution in [-0.2, 0) is 0 Å². The number of hydrogen-bond donors (Lipinski definition) is 1. The second-order valence-corrected chi connectivity index (χ2v) is 6.55. The van der Waals surface area contributed by atoms with Gasteiger partial charge in [-0.05, 0) is 25.0 Å². The summed E-state index contributed by atoms with van der Waals surface area (Å²) in [5.41, 5.74) is 1.22. The minimum atomic E-state index is 0.813. The number of ether oxygens (including phenoxy) is 1. The molecule has 0 unspecified atom stereocenters. The molecule has 0 aromatic heterocycles. The molecule has 0 aliphatic carbocycles. The van der Waals surface area contributed by atoms with Gasteiger partial charge in [-0.3, -0.25) is 0 Å². The zero-order chi connectivity index (χ0) is 17.0. The Kier molecular flexibility index (Phi) is 8.51. The van der Waals surface area contributed by atoms with Crippen molar-refractivity contribution in [2.45, 2.75) is 65.2 Å². The van der Waals surface area contributed by atoms with Crippen molar-refractivity contribution in [2.24, 2.45) is 0 Å². The van der Waals surface area contributed by atoms with Gasteiger partial charge < -0.3 is 10.1 Å². The average molecular weight is 328 g/mol. The van der Waals surface area contributed by atoms with Gasteiger partial charge in [-0.2, -0.15) is 0 Å². The molecule has 0 amide bonds. The van der Waals surface area contributed by atoms with E-state index < -0.39 is 0 Å². The van der Waals surface area contributed by atoms with Crippen molar-refractivity contribution >= 4 is 16.5 Å². The third kappa shape index (κ3) is 5.74. The average Bonchev–Trinajstić information content (AvgIpc) is 2.62. The first-order valence-corrected chi connectivity index (χ1v) is 9.75. The van der Waals surface area contributed by atoms with Crippen molar-refractivity contribution in [3.63, 3.8) is 0 Å². The molecule has 0 heterocycles. The second kappa shape index (κ2) is 11.0. The smallest absolute Gasteiger partial charge is 0.127 e. The van der Waals surface area contributed by atoms with E-state index in [1.54, 1.807) is 0 Å². The highest BCUT2D eigenvalue weighted by Gasteiger charge is 2.06. The summed E-state index contributed by atoms with van der Waals surface area (Å²) in [6, 6.07) is 12.8. The van der Waals surface area contributed by atoms with E-state index >= 15 is 0 Å². The molecule has 132 valence electrons. The maximum atomic E-state index is 6.05. The standard InChI is InChI=1S/C22H33NO/c1-3-5-7-11-17-23-21-15-16-22(24-18-12-8-6-4-2)20-14-10-9-13-19(20)21/h9-10,13-16,23H,3-8,11-12,17-18H2,1-2H3. The second-order valence-electron chi connectivity index (χ2n) is 6.55. The van der Waals surface area contributed by atoms with Gasteiger partial charge in [-0.25, -0.2) is 0 Å². The zero-order valence-electron chi connectivity index (χ0n) is 15.4. The summed E-state index contributed by atoms with van der Waals surface area (Å²) in [6.07, 6.45) is 10.1. The fourth-order valence-corrected chi connectivity index (χ4v) is 3.04. The van der Waals surface area contributed by atoms with Crippen molar-refractivity contribution in [3.05, 3.63) is 36.4 Å². The van der Waals surface area contributed by atoms with Gasteiger partial charge in [-0.1, -0.05) is 76.6 Å². The van der Waals surface area contributed by atoms with Crippen LogP contribution >= 0.6 is 0 Å². The third-order valence-corrected chi connectivity index (χ3v) is 4.49. The van der Waals surface area contributed by atoms with Crippen LogP contribution in [0.15, 0.2) is 36.4 Å². The van der Waals surface area contributed by atoms with E-state index in [0.717, 1.165) is 25.3 Å². The largest absolute Gasteiger partial charge is 0.493 e. The minimum absolute atomic E-state index is 0.813. The first-order valence-electron chi connectivity index (χ1n) is 9.75. The Morgan fingerprint density at radius 1 is 0.750 bits per heavy atom. The van der Waals surface area contributed by atoms with Gasteiger partial charge in [0.15, 0.2) is 0 Å². The molecule has 0 spiro atoms. The van der Waals surface area contributed by atoms with E-state index in [1.807, 2.05) is 0 Å². The molecule has 0 radical (unpaired) electrons. The number of nitrogens with one attached hydrogen (secondary N) is 1. The monoisotopic (exact) mass is 327 g/mol. The molecule has 2 heteroatoms. The molecule has 0 bridgehead atoms. The SMILES string of the molecule is CCCCCCNc1ccc(OCCCCCC)c2ccccc12. The van der Waals surface area contributed by atoms with E-state index in [9.17, 15) is 0 Å². The Bertz CT molecular complexity index is 541. The van der Waals surface area contributed by atoms with Crippen molar-refractivity contribution in [1.82, 2.24) is 0 Å². The van der Waals surface area contributed by atoms with Crippen LogP contribution in [0.2, 0.25) is 0 Å². The van der Waals surface area contributed by atoms with Gasteiger partial charge >= 0.3 is 0 Å². The lowest BCUT2D eigenvalue weighted by molar-refractivity contribution is 0.308. The lowest BCUT2D eigenvalue weighted by atomic mass is 10.1. The molecule has 0 saturated carbocycles. The number of benzene rings is 2. The summed E-state index contributed by atoms with van der Waals surface area (Å²) in [5.74, 6) is 1.01. The number of anilines is 1. The number of fused-ring (bicyclic) bond motifs is 1. The predicted molar refractivity (Wildman–Crippen MR) is 106 cm³/mol. The van der Waals surface area contributed by atoms with Crippen LogP contribution in [0.25, 0.3) is 10.8 Å². The normalized spacial score (nSPS) is 10.9. The van der Waals surface area contributed by atoms with E-state index in [-0.39, 0.29) is 0 Å². The Balaban J connectivity index is 1.97. The van der Waals surface area contributed by atoms with E-state index in [0.29, 0.717) is 0 Å². The Morgan fingerprint density at radius 2 is 1.46 bits per heavy atom. The van der Waals surface area contributed by atoms with Gasteiger partial charge in [0.25, 0.3) is 0 Å². The molecule has 0 atom stereocenters. The van der Waals surface area contributed by atoms with Crippen molar-refractivity contribution in [2.75, 3.05) is 18.5 Å². The van der Waals surface area contributed by atoms with Crippen LogP contribution in [0, 0.1) is 0 Å². The minimum Gasteiger partial charge on any atom is -0.493 e. The summed E-state index contributed by atoms with van der Waals surface area (Å²) in [7, 11) is 0. The topological polar surface area (TPSA) is 21.3 Å². The molecule has 0 aliphatic heterocycles. The number of hydrogen-bond acceptors (Lipinski definition) is 2. The summed E-state index contributed by atoms with van der Waals surface area (Å²) in [5, 5.41) is 6.08. The van der Waals surface area contributed by atoms with Crippen LogP contribution in [0.1, 0.15) is 65.2 Å². The van der Waals surface area contributed by atoms with Gasteiger partial charge in [0.2, 0.25) is 0 Å². The number of rotatable bonds is 12. The summed E-state index contributed by atoms with van der Waals surface area (Å²) in [4.78, 5) is 0. The highest BCUT2D eigenvalue weighted by molar-refractivity contribution is 5.97. The fraction of sp³-hybridized carbons (Fsp3) is 0.545. The van der Waals surface area contributed by atoms with Gasteiger partial charge in [0.1, 0.15) is 5.75 Å². The van der Waals surface area contributed by atoms with Crippen molar-refractivity contribution in [1.29, 1.82) is 0 Å².